The lowest BCUT2D eigenvalue weighted by atomic mass is 10.1. The van der Waals surface area contributed by atoms with Gasteiger partial charge in [-0.2, -0.15) is 5.10 Å². The second-order valence-corrected chi connectivity index (χ2v) is 6.65. The third-order valence-electron chi connectivity index (χ3n) is 4.36. The molecule has 1 amide bonds. The van der Waals surface area contributed by atoms with Gasteiger partial charge in [-0.1, -0.05) is 42.0 Å². The van der Waals surface area contributed by atoms with Crippen LogP contribution >= 0.6 is 0 Å². The first-order valence-electron chi connectivity index (χ1n) is 9.17. The molecule has 3 rings (SSSR count). The van der Waals surface area contributed by atoms with E-state index in [1.54, 1.807) is 18.2 Å². The van der Waals surface area contributed by atoms with E-state index in [0.29, 0.717) is 19.5 Å². The van der Waals surface area contributed by atoms with Crippen LogP contribution in [0.15, 0.2) is 65.5 Å². The van der Waals surface area contributed by atoms with Crippen molar-refractivity contribution in [1.29, 1.82) is 0 Å². The first-order valence-corrected chi connectivity index (χ1v) is 9.17. The Kier molecular flexibility index (Phi) is 6.32. The first kappa shape index (κ1) is 19.5. The highest BCUT2D eigenvalue weighted by Gasteiger charge is 2.05. The first-order chi connectivity index (χ1) is 13.5. The summed E-state index contributed by atoms with van der Waals surface area (Å²) in [6.45, 7) is 2.86. The van der Waals surface area contributed by atoms with Crippen molar-refractivity contribution < 1.29 is 9.18 Å². The average molecular weight is 379 g/mol. The molecular weight excluding hydrogens is 357 g/mol. The van der Waals surface area contributed by atoms with Crippen molar-refractivity contribution in [3.8, 4) is 11.3 Å². The van der Waals surface area contributed by atoms with Crippen molar-refractivity contribution in [1.82, 2.24) is 15.1 Å². The van der Waals surface area contributed by atoms with Gasteiger partial charge in [0.15, 0.2) is 0 Å². The molecule has 0 atom stereocenters. The molecule has 0 aliphatic rings. The molecular formula is C22H22FN3O2. The number of hydrogen-bond acceptors (Lipinski definition) is 3. The van der Waals surface area contributed by atoms with Gasteiger partial charge in [0.1, 0.15) is 5.82 Å². The van der Waals surface area contributed by atoms with E-state index in [0.717, 1.165) is 22.4 Å². The summed E-state index contributed by atoms with van der Waals surface area (Å²) < 4.78 is 14.3. The Morgan fingerprint density at radius 1 is 1.04 bits per heavy atom. The summed E-state index contributed by atoms with van der Waals surface area (Å²) >= 11 is 0. The highest BCUT2D eigenvalue weighted by Crippen LogP contribution is 2.15. The van der Waals surface area contributed by atoms with Crippen molar-refractivity contribution in [2.75, 3.05) is 6.54 Å². The molecule has 6 heteroatoms. The van der Waals surface area contributed by atoms with Crippen LogP contribution in [0.25, 0.3) is 11.3 Å². The number of rotatable bonds is 7. The molecule has 1 N–H and O–H groups in total. The quantitative estimate of drug-likeness (QED) is 0.642. The molecule has 2 aromatic carbocycles. The topological polar surface area (TPSA) is 64.0 Å². The van der Waals surface area contributed by atoms with E-state index in [1.165, 1.54) is 22.9 Å². The largest absolute Gasteiger partial charge is 0.356 e. The normalized spacial score (nSPS) is 10.6. The fourth-order valence-electron chi connectivity index (χ4n) is 2.79. The van der Waals surface area contributed by atoms with Crippen LogP contribution in [0.5, 0.6) is 0 Å². The standard InChI is InChI=1S/C22H22FN3O2/c1-16-3-7-18(8-4-16)20-11-12-22(28)26(25-20)14-2-13-24-21(27)15-17-5-9-19(23)10-6-17/h3-12H,2,13-15H2,1H3,(H,24,27). The van der Waals surface area contributed by atoms with Crippen molar-refractivity contribution in [2.24, 2.45) is 0 Å². The van der Waals surface area contributed by atoms with Gasteiger partial charge in [0.05, 0.1) is 12.1 Å². The number of carbonyl (C=O) groups is 1. The van der Waals surface area contributed by atoms with Gasteiger partial charge in [-0.05, 0) is 37.1 Å². The van der Waals surface area contributed by atoms with E-state index in [2.05, 4.69) is 10.4 Å². The van der Waals surface area contributed by atoms with Crippen molar-refractivity contribution in [3.63, 3.8) is 0 Å². The predicted molar refractivity (Wildman–Crippen MR) is 106 cm³/mol. The number of carbonyl (C=O) groups excluding carboxylic acids is 1. The molecule has 5 nitrogen and oxygen atoms in total. The predicted octanol–water partition coefficient (Wildman–Crippen LogP) is 3.11. The summed E-state index contributed by atoms with van der Waals surface area (Å²) in [6, 6.07) is 17.0. The van der Waals surface area contributed by atoms with Gasteiger partial charge < -0.3 is 5.32 Å². The lowest BCUT2D eigenvalue weighted by Crippen LogP contribution is -2.29. The van der Waals surface area contributed by atoms with Gasteiger partial charge in [0, 0.05) is 24.7 Å². The molecule has 0 fully saturated rings. The zero-order valence-electron chi connectivity index (χ0n) is 15.7. The summed E-state index contributed by atoms with van der Waals surface area (Å²) in [5, 5.41) is 7.23. The molecule has 0 radical (unpaired) electrons. The number of aryl methyl sites for hydroxylation is 2. The number of nitrogens with one attached hydrogen (secondary N) is 1. The fourth-order valence-corrected chi connectivity index (χ4v) is 2.79. The van der Waals surface area contributed by atoms with Crippen molar-refractivity contribution in [2.45, 2.75) is 26.3 Å². The molecule has 1 heterocycles. The summed E-state index contributed by atoms with van der Waals surface area (Å²) in [4.78, 5) is 24.0. The van der Waals surface area contributed by atoms with Crippen LogP contribution in [0, 0.1) is 12.7 Å². The molecule has 0 spiro atoms. The van der Waals surface area contributed by atoms with E-state index in [-0.39, 0.29) is 23.7 Å². The minimum Gasteiger partial charge on any atom is -0.356 e. The molecule has 0 saturated carbocycles. The van der Waals surface area contributed by atoms with Gasteiger partial charge in [0.25, 0.3) is 5.56 Å². The van der Waals surface area contributed by atoms with Crippen LogP contribution in [0.4, 0.5) is 4.39 Å². The van der Waals surface area contributed by atoms with Gasteiger partial charge in [0.2, 0.25) is 5.91 Å². The maximum Gasteiger partial charge on any atom is 0.266 e. The molecule has 0 bridgehead atoms. The van der Waals surface area contributed by atoms with Crippen LogP contribution in [-0.4, -0.2) is 22.2 Å². The Hall–Kier alpha value is -3.28. The molecule has 1 aromatic heterocycles. The van der Waals surface area contributed by atoms with Gasteiger partial charge >= 0.3 is 0 Å². The molecule has 28 heavy (non-hydrogen) atoms. The smallest absolute Gasteiger partial charge is 0.266 e. The summed E-state index contributed by atoms with van der Waals surface area (Å²) in [5.41, 5.74) is 3.43. The van der Waals surface area contributed by atoms with Gasteiger partial charge in [-0.3, -0.25) is 9.59 Å². The van der Waals surface area contributed by atoms with Crippen LogP contribution in [-0.2, 0) is 17.8 Å². The Morgan fingerprint density at radius 2 is 1.75 bits per heavy atom. The monoisotopic (exact) mass is 379 g/mol. The van der Waals surface area contributed by atoms with E-state index in [4.69, 9.17) is 0 Å². The maximum absolute atomic E-state index is 12.9. The van der Waals surface area contributed by atoms with Crippen LogP contribution in [0.2, 0.25) is 0 Å². The SMILES string of the molecule is Cc1ccc(-c2ccc(=O)n(CCCNC(=O)Cc3ccc(F)cc3)n2)cc1. The summed E-state index contributed by atoms with van der Waals surface area (Å²) in [7, 11) is 0. The van der Waals surface area contributed by atoms with Crippen LogP contribution in [0.3, 0.4) is 0 Å². The zero-order chi connectivity index (χ0) is 19.9. The number of hydrogen-bond donors (Lipinski definition) is 1. The highest BCUT2D eigenvalue weighted by atomic mass is 19.1. The van der Waals surface area contributed by atoms with Crippen molar-refractivity contribution in [3.05, 3.63) is 88.0 Å². The van der Waals surface area contributed by atoms with Gasteiger partial charge in [-0.25, -0.2) is 9.07 Å². The summed E-state index contributed by atoms with van der Waals surface area (Å²) in [6.07, 6.45) is 0.779. The Labute approximate surface area is 162 Å². The van der Waals surface area contributed by atoms with Crippen LogP contribution < -0.4 is 10.9 Å². The molecule has 144 valence electrons. The Morgan fingerprint density at radius 3 is 2.46 bits per heavy atom. The van der Waals surface area contributed by atoms with E-state index in [9.17, 15) is 14.0 Å². The number of nitrogens with zero attached hydrogens (tertiary/aromatic N) is 2. The minimum atomic E-state index is -0.324. The number of amides is 1. The molecule has 0 saturated heterocycles. The number of halogens is 1. The molecule has 3 aromatic rings. The van der Waals surface area contributed by atoms with Gasteiger partial charge in [-0.15, -0.1) is 0 Å². The number of aromatic nitrogens is 2. The lowest BCUT2D eigenvalue weighted by Gasteiger charge is -2.09. The van der Waals surface area contributed by atoms with Crippen LogP contribution in [0.1, 0.15) is 17.5 Å². The second kappa shape index (κ2) is 9.08. The van der Waals surface area contributed by atoms with E-state index < -0.39 is 0 Å². The van der Waals surface area contributed by atoms with E-state index >= 15 is 0 Å². The van der Waals surface area contributed by atoms with Crippen molar-refractivity contribution >= 4 is 5.91 Å². The third kappa shape index (κ3) is 5.36. The highest BCUT2D eigenvalue weighted by molar-refractivity contribution is 5.78. The Bertz CT molecular complexity index is 996. The lowest BCUT2D eigenvalue weighted by molar-refractivity contribution is -0.120. The maximum atomic E-state index is 12.9. The molecule has 0 unspecified atom stereocenters. The Balaban J connectivity index is 1.52. The fraction of sp³-hybridized carbons (Fsp3) is 0.227. The zero-order valence-corrected chi connectivity index (χ0v) is 15.7. The molecule has 0 aliphatic carbocycles. The molecule has 0 aliphatic heterocycles. The minimum absolute atomic E-state index is 0.139. The van der Waals surface area contributed by atoms with E-state index in [1.807, 2.05) is 31.2 Å². The third-order valence-corrected chi connectivity index (χ3v) is 4.36. The number of benzene rings is 2. The summed E-state index contributed by atoms with van der Waals surface area (Å²) in [5.74, 6) is -0.463. The second-order valence-electron chi connectivity index (χ2n) is 6.65. The average Bonchev–Trinajstić information content (AvgIpc) is 2.69.